The number of aryl methyl sites for hydroxylation is 1. The highest BCUT2D eigenvalue weighted by molar-refractivity contribution is 6.32. The average Bonchev–Trinajstić information content (AvgIpc) is 2.93. The predicted molar refractivity (Wildman–Crippen MR) is 82.5 cm³/mol. The summed E-state index contributed by atoms with van der Waals surface area (Å²) in [5.74, 6) is 1.43. The summed E-state index contributed by atoms with van der Waals surface area (Å²) in [5.41, 5.74) is 2.78. The molecule has 0 spiro atoms. The molecule has 0 aliphatic rings. The molecular weight excluding hydrogens is 286 g/mol. The van der Waals surface area contributed by atoms with Gasteiger partial charge in [0.2, 0.25) is 0 Å². The van der Waals surface area contributed by atoms with E-state index >= 15 is 0 Å². The lowest BCUT2D eigenvalue weighted by molar-refractivity contribution is 0.306. The van der Waals surface area contributed by atoms with Gasteiger partial charge in [0, 0.05) is 11.6 Å². The number of ether oxygens (including phenoxy) is 1. The Kier molecular flexibility index (Phi) is 3.93. The topological polar surface area (TPSA) is 35.3 Å². The maximum Gasteiger partial charge on any atom is 0.138 e. The Hall–Kier alpha value is -2.26. The van der Waals surface area contributed by atoms with E-state index in [1.807, 2.05) is 61.5 Å². The largest absolute Gasteiger partial charge is 0.487 e. The Labute approximate surface area is 128 Å². The van der Waals surface area contributed by atoms with Crippen LogP contribution in [-0.2, 0) is 6.61 Å². The predicted octanol–water partition coefficient (Wildman–Crippen LogP) is 4.88. The fraction of sp³-hybridized carbons (Fsp3) is 0.118. The minimum absolute atomic E-state index is 0.489. The SMILES string of the molecule is Cc1cc(-c2ccc(OCc3ccccc3)c(Cl)c2)no1. The minimum atomic E-state index is 0.489. The van der Waals surface area contributed by atoms with Crippen molar-refractivity contribution in [3.8, 4) is 17.0 Å². The molecule has 1 aromatic heterocycles. The Balaban J connectivity index is 1.75. The lowest BCUT2D eigenvalue weighted by atomic mass is 10.1. The summed E-state index contributed by atoms with van der Waals surface area (Å²) in [4.78, 5) is 0. The molecule has 0 unspecified atom stereocenters. The standard InChI is InChI=1S/C17H14ClNO2/c1-12-9-16(19-21-12)14-7-8-17(15(18)10-14)20-11-13-5-3-2-4-6-13/h2-10H,11H2,1H3. The molecular formula is C17H14ClNO2. The van der Waals surface area contributed by atoms with Crippen LogP contribution >= 0.6 is 11.6 Å². The van der Waals surface area contributed by atoms with E-state index in [-0.39, 0.29) is 0 Å². The average molecular weight is 300 g/mol. The van der Waals surface area contributed by atoms with Gasteiger partial charge in [-0.25, -0.2) is 0 Å². The summed E-state index contributed by atoms with van der Waals surface area (Å²) in [6, 6.07) is 17.4. The van der Waals surface area contributed by atoms with Gasteiger partial charge in [-0.2, -0.15) is 0 Å². The van der Waals surface area contributed by atoms with E-state index in [9.17, 15) is 0 Å². The first kappa shape index (κ1) is 13.7. The van der Waals surface area contributed by atoms with Crippen LogP contribution in [0.15, 0.2) is 59.1 Å². The number of halogens is 1. The van der Waals surface area contributed by atoms with Gasteiger partial charge in [-0.3, -0.25) is 0 Å². The van der Waals surface area contributed by atoms with Gasteiger partial charge in [-0.15, -0.1) is 0 Å². The van der Waals surface area contributed by atoms with Gasteiger partial charge in [0.25, 0.3) is 0 Å². The molecule has 0 aliphatic carbocycles. The maximum atomic E-state index is 6.27. The molecule has 4 heteroatoms. The second-order valence-corrected chi connectivity index (χ2v) is 5.15. The van der Waals surface area contributed by atoms with E-state index in [0.29, 0.717) is 17.4 Å². The van der Waals surface area contributed by atoms with Crippen molar-refractivity contribution in [1.29, 1.82) is 0 Å². The third kappa shape index (κ3) is 3.26. The summed E-state index contributed by atoms with van der Waals surface area (Å²) < 4.78 is 10.8. The second kappa shape index (κ2) is 6.02. The maximum absolute atomic E-state index is 6.27. The Bertz CT molecular complexity index is 738. The minimum Gasteiger partial charge on any atom is -0.487 e. The van der Waals surface area contributed by atoms with E-state index in [4.69, 9.17) is 20.9 Å². The Morgan fingerprint density at radius 2 is 1.90 bits per heavy atom. The van der Waals surface area contributed by atoms with Crippen LogP contribution in [0.5, 0.6) is 5.75 Å². The van der Waals surface area contributed by atoms with Crippen molar-refractivity contribution in [2.45, 2.75) is 13.5 Å². The highest BCUT2D eigenvalue weighted by atomic mass is 35.5. The van der Waals surface area contributed by atoms with Crippen molar-refractivity contribution in [2.24, 2.45) is 0 Å². The van der Waals surface area contributed by atoms with E-state index in [0.717, 1.165) is 22.6 Å². The van der Waals surface area contributed by atoms with Crippen LogP contribution < -0.4 is 4.74 Å². The van der Waals surface area contributed by atoms with Crippen molar-refractivity contribution in [3.63, 3.8) is 0 Å². The zero-order valence-electron chi connectivity index (χ0n) is 11.5. The van der Waals surface area contributed by atoms with Crippen LogP contribution in [0.1, 0.15) is 11.3 Å². The van der Waals surface area contributed by atoms with E-state index < -0.39 is 0 Å². The van der Waals surface area contributed by atoms with E-state index in [1.165, 1.54) is 0 Å². The molecule has 3 nitrogen and oxygen atoms in total. The first-order valence-electron chi connectivity index (χ1n) is 6.62. The fourth-order valence-corrected chi connectivity index (χ4v) is 2.25. The summed E-state index contributed by atoms with van der Waals surface area (Å²) in [7, 11) is 0. The molecule has 3 aromatic rings. The van der Waals surface area contributed by atoms with Crippen LogP contribution in [0.25, 0.3) is 11.3 Å². The van der Waals surface area contributed by atoms with Crippen molar-refractivity contribution in [3.05, 3.63) is 70.9 Å². The first-order chi connectivity index (χ1) is 10.2. The molecule has 21 heavy (non-hydrogen) atoms. The number of aromatic nitrogens is 1. The highest BCUT2D eigenvalue weighted by Crippen LogP contribution is 2.30. The third-order valence-corrected chi connectivity index (χ3v) is 3.39. The molecule has 0 aliphatic heterocycles. The van der Waals surface area contributed by atoms with Crippen LogP contribution in [-0.4, -0.2) is 5.16 Å². The molecule has 2 aromatic carbocycles. The summed E-state index contributed by atoms with van der Waals surface area (Å²) in [5, 5.41) is 4.54. The second-order valence-electron chi connectivity index (χ2n) is 4.74. The van der Waals surface area contributed by atoms with Crippen LogP contribution in [0.2, 0.25) is 5.02 Å². The Morgan fingerprint density at radius 3 is 2.57 bits per heavy atom. The zero-order valence-corrected chi connectivity index (χ0v) is 12.3. The van der Waals surface area contributed by atoms with E-state index in [1.54, 1.807) is 0 Å². The van der Waals surface area contributed by atoms with Crippen molar-refractivity contribution >= 4 is 11.6 Å². The number of hydrogen-bond donors (Lipinski definition) is 0. The van der Waals surface area contributed by atoms with Gasteiger partial charge >= 0.3 is 0 Å². The van der Waals surface area contributed by atoms with Crippen LogP contribution in [0.3, 0.4) is 0 Å². The molecule has 0 fully saturated rings. The number of nitrogens with zero attached hydrogens (tertiary/aromatic N) is 1. The third-order valence-electron chi connectivity index (χ3n) is 3.09. The van der Waals surface area contributed by atoms with Gasteiger partial charge in [0.15, 0.2) is 0 Å². The molecule has 106 valence electrons. The normalized spacial score (nSPS) is 10.6. The zero-order chi connectivity index (χ0) is 14.7. The van der Waals surface area contributed by atoms with Gasteiger partial charge < -0.3 is 9.26 Å². The fourth-order valence-electron chi connectivity index (χ4n) is 2.01. The molecule has 0 radical (unpaired) electrons. The smallest absolute Gasteiger partial charge is 0.138 e. The lowest BCUT2D eigenvalue weighted by Gasteiger charge is -2.09. The Morgan fingerprint density at radius 1 is 1.10 bits per heavy atom. The summed E-state index contributed by atoms with van der Waals surface area (Å²) in [6.45, 7) is 2.35. The molecule has 0 saturated heterocycles. The number of benzene rings is 2. The lowest BCUT2D eigenvalue weighted by Crippen LogP contribution is -1.95. The van der Waals surface area contributed by atoms with Crippen LogP contribution in [0.4, 0.5) is 0 Å². The number of hydrogen-bond acceptors (Lipinski definition) is 3. The van der Waals surface area contributed by atoms with Gasteiger partial charge in [-0.1, -0.05) is 47.1 Å². The van der Waals surface area contributed by atoms with Crippen LogP contribution in [0, 0.1) is 6.92 Å². The van der Waals surface area contributed by atoms with Crippen molar-refractivity contribution < 1.29 is 9.26 Å². The molecule has 0 saturated carbocycles. The molecule has 0 amide bonds. The highest BCUT2D eigenvalue weighted by Gasteiger charge is 2.08. The summed E-state index contributed by atoms with van der Waals surface area (Å²) >= 11 is 6.27. The van der Waals surface area contributed by atoms with Crippen molar-refractivity contribution in [1.82, 2.24) is 5.16 Å². The van der Waals surface area contributed by atoms with Crippen molar-refractivity contribution in [2.75, 3.05) is 0 Å². The monoisotopic (exact) mass is 299 g/mol. The summed E-state index contributed by atoms with van der Waals surface area (Å²) in [6.07, 6.45) is 0. The van der Waals surface area contributed by atoms with E-state index in [2.05, 4.69) is 5.16 Å². The molecule has 0 bridgehead atoms. The molecule has 3 rings (SSSR count). The molecule has 1 heterocycles. The first-order valence-corrected chi connectivity index (χ1v) is 7.00. The quantitative estimate of drug-likeness (QED) is 0.688. The van der Waals surface area contributed by atoms with Gasteiger partial charge in [0.05, 0.1) is 5.02 Å². The van der Waals surface area contributed by atoms with Gasteiger partial charge in [0.1, 0.15) is 23.8 Å². The molecule has 0 atom stereocenters. The van der Waals surface area contributed by atoms with Gasteiger partial charge in [-0.05, 0) is 30.7 Å². The number of rotatable bonds is 4. The molecule has 0 N–H and O–H groups in total.